The Bertz CT molecular complexity index is 1210. The van der Waals surface area contributed by atoms with Gasteiger partial charge in [-0.05, 0) is 24.3 Å². The Hall–Kier alpha value is -3.03. The fourth-order valence-electron chi connectivity index (χ4n) is 3.22. The number of aromatic carboxylic acids is 1. The number of carboxylic acid groups (broad SMARTS) is 1. The fraction of sp³-hybridized carbons (Fsp3) is 0.0435. The fourth-order valence-corrected chi connectivity index (χ4v) is 4.17. The summed E-state index contributed by atoms with van der Waals surface area (Å²) in [6, 6.07) is 20.4. The molecule has 1 aromatic heterocycles. The highest BCUT2D eigenvalue weighted by atomic mass is 35.5. The van der Waals surface area contributed by atoms with Gasteiger partial charge in [0.15, 0.2) is 5.69 Å². The van der Waals surface area contributed by atoms with Crippen LogP contribution in [0.5, 0.6) is 0 Å². The standard InChI is InChI=1S/C23H17ClN2O3S/c1-29-26-20-5-3-2-4-18(20)17-11-8-15(12-19(17)23(27)28)22-25-21(13-30-22)14-6-9-16(24)10-7-14/h2-13,26H,1H3,(H,27,28)/p+1. The molecule has 30 heavy (non-hydrogen) atoms. The summed E-state index contributed by atoms with van der Waals surface area (Å²) >= 11 is 7.43. The number of rotatable bonds is 6. The van der Waals surface area contributed by atoms with Crippen molar-refractivity contribution in [1.82, 2.24) is 4.98 Å². The van der Waals surface area contributed by atoms with Gasteiger partial charge in [0, 0.05) is 38.7 Å². The van der Waals surface area contributed by atoms with Crippen molar-refractivity contribution in [3.63, 3.8) is 0 Å². The first-order chi connectivity index (χ1) is 14.6. The van der Waals surface area contributed by atoms with E-state index in [0.717, 1.165) is 33.1 Å². The molecule has 0 aliphatic rings. The molecular weight excluding hydrogens is 420 g/mol. The highest BCUT2D eigenvalue weighted by Gasteiger charge is 2.18. The average molecular weight is 438 g/mol. The lowest BCUT2D eigenvalue weighted by Crippen LogP contribution is -2.76. The number of nitrogens with two attached hydrogens (primary N) is 1. The third-order valence-corrected chi connectivity index (χ3v) is 5.78. The van der Waals surface area contributed by atoms with Gasteiger partial charge in [-0.25, -0.2) is 14.6 Å². The zero-order chi connectivity index (χ0) is 21.1. The van der Waals surface area contributed by atoms with Crippen molar-refractivity contribution >= 4 is 34.6 Å². The normalized spacial score (nSPS) is 10.9. The second-order valence-corrected chi connectivity index (χ2v) is 7.85. The lowest BCUT2D eigenvalue weighted by Gasteiger charge is -2.10. The Morgan fingerprint density at radius 2 is 1.77 bits per heavy atom. The first-order valence-electron chi connectivity index (χ1n) is 9.11. The quantitative estimate of drug-likeness (QED) is 0.319. The Morgan fingerprint density at radius 3 is 2.50 bits per heavy atom. The van der Waals surface area contributed by atoms with Crippen LogP contribution < -0.4 is 5.48 Å². The largest absolute Gasteiger partial charge is 0.478 e. The lowest BCUT2D eigenvalue weighted by atomic mass is 9.96. The number of aromatic nitrogens is 1. The molecule has 0 bridgehead atoms. The number of thiazole rings is 1. The summed E-state index contributed by atoms with van der Waals surface area (Å²) in [7, 11) is 1.57. The summed E-state index contributed by atoms with van der Waals surface area (Å²) in [5.74, 6) is -0.992. The number of quaternary nitrogens is 1. The van der Waals surface area contributed by atoms with E-state index in [2.05, 4.69) is 4.98 Å². The highest BCUT2D eigenvalue weighted by molar-refractivity contribution is 7.13. The maximum absolute atomic E-state index is 12.0. The van der Waals surface area contributed by atoms with Crippen molar-refractivity contribution in [2.24, 2.45) is 0 Å². The molecule has 0 spiro atoms. The number of halogens is 1. The van der Waals surface area contributed by atoms with Gasteiger partial charge in [0.1, 0.15) is 5.01 Å². The molecule has 4 aromatic rings. The zero-order valence-electron chi connectivity index (χ0n) is 16.0. The molecule has 0 amide bonds. The molecule has 7 heteroatoms. The number of carbonyl (C=O) groups is 1. The van der Waals surface area contributed by atoms with E-state index in [0.29, 0.717) is 10.6 Å². The van der Waals surface area contributed by atoms with Crippen LogP contribution in [0.4, 0.5) is 5.69 Å². The molecule has 0 aliphatic carbocycles. The second kappa shape index (κ2) is 8.77. The number of carboxylic acids is 1. The molecule has 0 fully saturated rings. The zero-order valence-corrected chi connectivity index (χ0v) is 17.6. The molecule has 1 heterocycles. The van der Waals surface area contributed by atoms with Crippen molar-refractivity contribution < 1.29 is 20.2 Å². The maximum atomic E-state index is 12.0. The Balaban J connectivity index is 1.75. The first kappa shape index (κ1) is 20.3. The van der Waals surface area contributed by atoms with E-state index in [9.17, 15) is 9.90 Å². The molecule has 0 saturated heterocycles. The maximum Gasteiger partial charge on any atom is 0.336 e. The van der Waals surface area contributed by atoms with Crippen LogP contribution >= 0.6 is 22.9 Å². The van der Waals surface area contributed by atoms with Crippen LogP contribution in [0.25, 0.3) is 33.0 Å². The molecule has 0 aliphatic heterocycles. The SMILES string of the molecule is CO[NH2+]c1ccccc1-c1ccc(-c2nc(-c3ccc(Cl)cc3)cs2)cc1C(=O)O. The molecule has 0 radical (unpaired) electrons. The molecule has 150 valence electrons. The van der Waals surface area contributed by atoms with Crippen molar-refractivity contribution in [2.45, 2.75) is 0 Å². The Kier molecular flexibility index (Phi) is 5.92. The molecule has 3 N–H and O–H groups in total. The minimum atomic E-state index is -0.992. The molecule has 4 rings (SSSR count). The third kappa shape index (κ3) is 4.13. The number of nitrogens with zero attached hydrogens (tertiary/aromatic N) is 1. The molecule has 5 nitrogen and oxygen atoms in total. The topological polar surface area (TPSA) is 76.0 Å². The molecule has 0 atom stereocenters. The van der Waals surface area contributed by atoms with Crippen LogP contribution in [0, 0.1) is 0 Å². The number of hydrogen-bond donors (Lipinski definition) is 2. The Morgan fingerprint density at radius 1 is 1.03 bits per heavy atom. The summed E-state index contributed by atoms with van der Waals surface area (Å²) in [6.45, 7) is 0. The van der Waals surface area contributed by atoms with E-state index in [1.54, 1.807) is 18.7 Å². The number of hydrogen-bond acceptors (Lipinski definition) is 4. The van der Waals surface area contributed by atoms with Gasteiger partial charge in [-0.1, -0.05) is 48.0 Å². The summed E-state index contributed by atoms with van der Waals surface area (Å²) in [5, 5.41) is 13.2. The van der Waals surface area contributed by atoms with Gasteiger partial charge < -0.3 is 5.11 Å². The summed E-state index contributed by atoms with van der Waals surface area (Å²) in [5.41, 5.74) is 6.60. The van der Waals surface area contributed by atoms with Crippen LogP contribution in [0.1, 0.15) is 10.4 Å². The minimum Gasteiger partial charge on any atom is -0.478 e. The van der Waals surface area contributed by atoms with Gasteiger partial charge in [-0.2, -0.15) is 5.48 Å². The molecule has 3 aromatic carbocycles. The van der Waals surface area contributed by atoms with Crippen LogP contribution in [-0.4, -0.2) is 23.2 Å². The third-order valence-electron chi connectivity index (χ3n) is 4.64. The second-order valence-electron chi connectivity index (χ2n) is 6.55. The van der Waals surface area contributed by atoms with Crippen LogP contribution in [0.3, 0.4) is 0 Å². The van der Waals surface area contributed by atoms with E-state index in [1.165, 1.54) is 11.3 Å². The van der Waals surface area contributed by atoms with Crippen molar-refractivity contribution in [3.8, 4) is 33.0 Å². The predicted molar refractivity (Wildman–Crippen MR) is 119 cm³/mol. The lowest BCUT2D eigenvalue weighted by molar-refractivity contribution is -0.829. The van der Waals surface area contributed by atoms with Crippen molar-refractivity contribution in [2.75, 3.05) is 7.11 Å². The molecular formula is C23H18ClN2O3S+. The Labute approximate surface area is 182 Å². The van der Waals surface area contributed by atoms with Gasteiger partial charge in [0.25, 0.3) is 0 Å². The first-order valence-corrected chi connectivity index (χ1v) is 10.4. The van der Waals surface area contributed by atoms with Crippen LogP contribution in [0.15, 0.2) is 72.1 Å². The smallest absolute Gasteiger partial charge is 0.336 e. The van der Waals surface area contributed by atoms with E-state index >= 15 is 0 Å². The summed E-state index contributed by atoms with van der Waals surface area (Å²) in [6.07, 6.45) is 0. The highest BCUT2D eigenvalue weighted by Crippen LogP contribution is 2.34. The average Bonchev–Trinajstić information content (AvgIpc) is 3.25. The van der Waals surface area contributed by atoms with Crippen molar-refractivity contribution in [1.29, 1.82) is 0 Å². The number of benzene rings is 3. The molecule has 0 saturated carbocycles. The van der Waals surface area contributed by atoms with Gasteiger partial charge in [0.05, 0.1) is 18.4 Å². The van der Waals surface area contributed by atoms with Gasteiger partial charge in [-0.15, -0.1) is 11.3 Å². The summed E-state index contributed by atoms with van der Waals surface area (Å²) in [4.78, 5) is 21.9. The van der Waals surface area contributed by atoms with E-state index in [4.69, 9.17) is 16.4 Å². The van der Waals surface area contributed by atoms with E-state index in [1.807, 2.05) is 66.0 Å². The van der Waals surface area contributed by atoms with Gasteiger partial charge in [0.2, 0.25) is 0 Å². The molecule has 0 unspecified atom stereocenters. The van der Waals surface area contributed by atoms with Gasteiger partial charge in [-0.3, -0.25) is 0 Å². The minimum absolute atomic E-state index is 0.215. The predicted octanol–water partition coefficient (Wildman–Crippen LogP) is 5.25. The van der Waals surface area contributed by atoms with Crippen LogP contribution in [0.2, 0.25) is 5.02 Å². The van der Waals surface area contributed by atoms with E-state index < -0.39 is 5.97 Å². The summed E-state index contributed by atoms with van der Waals surface area (Å²) < 4.78 is 0. The van der Waals surface area contributed by atoms with Gasteiger partial charge >= 0.3 is 5.97 Å². The monoisotopic (exact) mass is 437 g/mol. The van der Waals surface area contributed by atoms with Crippen LogP contribution in [-0.2, 0) is 4.84 Å². The van der Waals surface area contributed by atoms with E-state index in [-0.39, 0.29) is 5.56 Å². The van der Waals surface area contributed by atoms with Crippen molar-refractivity contribution in [3.05, 3.63) is 82.7 Å².